The highest BCUT2D eigenvalue weighted by Gasteiger charge is 2.28. The van der Waals surface area contributed by atoms with E-state index in [1.807, 2.05) is 0 Å². The summed E-state index contributed by atoms with van der Waals surface area (Å²) < 4.78 is 14.6. The van der Waals surface area contributed by atoms with Crippen molar-refractivity contribution in [3.05, 3.63) is 0 Å². The highest BCUT2D eigenvalue weighted by atomic mass is 16.5. The van der Waals surface area contributed by atoms with Crippen LogP contribution in [0.25, 0.3) is 0 Å². The van der Waals surface area contributed by atoms with Gasteiger partial charge in [0, 0.05) is 6.61 Å². The van der Waals surface area contributed by atoms with Crippen molar-refractivity contribution < 1.29 is 23.8 Å². The number of hydrogen-bond acceptors (Lipinski definition) is 5. The van der Waals surface area contributed by atoms with Crippen LogP contribution in [0.5, 0.6) is 0 Å². The molecule has 0 N–H and O–H groups in total. The van der Waals surface area contributed by atoms with Crippen LogP contribution in [0.1, 0.15) is 32.1 Å². The molecule has 5 heteroatoms. The molecule has 0 radical (unpaired) electrons. The van der Waals surface area contributed by atoms with Crippen LogP contribution in [0.4, 0.5) is 0 Å². The molecule has 1 aliphatic heterocycles. The Kier molecular flexibility index (Phi) is 5.97. The van der Waals surface area contributed by atoms with Crippen molar-refractivity contribution in [1.82, 2.24) is 0 Å². The van der Waals surface area contributed by atoms with Crippen molar-refractivity contribution in [2.45, 2.75) is 38.2 Å². The molecule has 0 aliphatic carbocycles. The second-order valence-corrected chi connectivity index (χ2v) is 4.16. The van der Waals surface area contributed by atoms with Crippen molar-refractivity contribution in [2.75, 3.05) is 20.8 Å². The van der Waals surface area contributed by atoms with E-state index in [1.165, 1.54) is 14.2 Å². The van der Waals surface area contributed by atoms with Crippen molar-refractivity contribution in [3.8, 4) is 0 Å². The summed E-state index contributed by atoms with van der Waals surface area (Å²) in [4.78, 5) is 22.8. The predicted molar refractivity (Wildman–Crippen MR) is 60.3 cm³/mol. The van der Waals surface area contributed by atoms with E-state index < -0.39 is 17.9 Å². The van der Waals surface area contributed by atoms with Crippen LogP contribution in [0.15, 0.2) is 0 Å². The van der Waals surface area contributed by atoms with Gasteiger partial charge in [0.05, 0.1) is 20.3 Å². The van der Waals surface area contributed by atoms with E-state index in [0.717, 1.165) is 32.3 Å². The summed E-state index contributed by atoms with van der Waals surface area (Å²) in [6.45, 7) is 0.822. The average molecular weight is 244 g/mol. The van der Waals surface area contributed by atoms with E-state index in [0.29, 0.717) is 6.42 Å². The highest BCUT2D eigenvalue weighted by Crippen LogP contribution is 2.20. The highest BCUT2D eigenvalue weighted by molar-refractivity contribution is 5.94. The van der Waals surface area contributed by atoms with Gasteiger partial charge in [-0.2, -0.15) is 0 Å². The quantitative estimate of drug-likeness (QED) is 0.520. The number of methoxy groups -OCH3 is 2. The van der Waals surface area contributed by atoms with Gasteiger partial charge in [0.25, 0.3) is 0 Å². The third-order valence-electron chi connectivity index (χ3n) is 3.01. The third-order valence-corrected chi connectivity index (χ3v) is 3.01. The van der Waals surface area contributed by atoms with Crippen molar-refractivity contribution >= 4 is 11.9 Å². The van der Waals surface area contributed by atoms with Crippen molar-refractivity contribution in [2.24, 2.45) is 5.92 Å². The van der Waals surface area contributed by atoms with Gasteiger partial charge in [0.15, 0.2) is 5.92 Å². The van der Waals surface area contributed by atoms with Crippen LogP contribution < -0.4 is 0 Å². The number of hydrogen-bond donors (Lipinski definition) is 0. The van der Waals surface area contributed by atoms with Crippen LogP contribution in [-0.4, -0.2) is 38.9 Å². The molecule has 98 valence electrons. The van der Waals surface area contributed by atoms with Gasteiger partial charge in [-0.05, 0) is 32.1 Å². The Balaban J connectivity index is 2.32. The van der Waals surface area contributed by atoms with Gasteiger partial charge in [-0.3, -0.25) is 9.59 Å². The molecule has 1 heterocycles. The summed E-state index contributed by atoms with van der Waals surface area (Å²) in [7, 11) is 2.55. The molecule has 0 amide bonds. The Labute approximate surface area is 101 Å². The second kappa shape index (κ2) is 7.27. The van der Waals surface area contributed by atoms with E-state index >= 15 is 0 Å². The molecule has 1 saturated heterocycles. The smallest absolute Gasteiger partial charge is 0.320 e. The molecule has 0 aromatic rings. The summed E-state index contributed by atoms with van der Waals surface area (Å²) in [6.07, 6.45) is 4.55. The summed E-state index contributed by atoms with van der Waals surface area (Å²) >= 11 is 0. The zero-order valence-corrected chi connectivity index (χ0v) is 10.4. The Morgan fingerprint density at radius 2 is 1.94 bits per heavy atom. The molecule has 0 saturated carbocycles. The number of esters is 2. The number of carbonyl (C=O) groups excluding carboxylic acids is 2. The molecule has 1 rings (SSSR count). The van der Waals surface area contributed by atoms with Gasteiger partial charge in [0.1, 0.15) is 0 Å². The largest absolute Gasteiger partial charge is 0.468 e. The maximum Gasteiger partial charge on any atom is 0.320 e. The Bertz CT molecular complexity index is 242. The van der Waals surface area contributed by atoms with E-state index in [2.05, 4.69) is 9.47 Å². The Morgan fingerprint density at radius 1 is 1.29 bits per heavy atom. The first-order valence-corrected chi connectivity index (χ1v) is 5.96. The standard InChI is InChI=1S/C12H20O5/c1-15-11(13)10(12(14)16-2)7-3-5-9-6-4-8-17-9/h9-10H,3-8H2,1-2H3. The Hall–Kier alpha value is -1.10. The topological polar surface area (TPSA) is 61.8 Å². The maximum atomic E-state index is 11.4. The van der Waals surface area contributed by atoms with E-state index in [-0.39, 0.29) is 6.10 Å². The fraction of sp³-hybridized carbons (Fsp3) is 0.833. The lowest BCUT2D eigenvalue weighted by molar-refractivity contribution is -0.159. The van der Waals surface area contributed by atoms with Gasteiger partial charge < -0.3 is 14.2 Å². The molecule has 0 aromatic heterocycles. The first kappa shape index (κ1) is 14.0. The fourth-order valence-corrected chi connectivity index (χ4v) is 2.04. The predicted octanol–water partition coefficient (Wildman–Crippen LogP) is 1.30. The molecule has 1 aliphatic rings. The van der Waals surface area contributed by atoms with Crippen LogP contribution in [-0.2, 0) is 23.8 Å². The van der Waals surface area contributed by atoms with Gasteiger partial charge in [-0.25, -0.2) is 0 Å². The summed E-state index contributed by atoms with van der Waals surface area (Å²) in [6, 6.07) is 0. The lowest BCUT2D eigenvalue weighted by atomic mass is 10.00. The van der Waals surface area contributed by atoms with Gasteiger partial charge >= 0.3 is 11.9 Å². The van der Waals surface area contributed by atoms with E-state index in [9.17, 15) is 9.59 Å². The Morgan fingerprint density at radius 3 is 2.41 bits per heavy atom. The average Bonchev–Trinajstić information content (AvgIpc) is 2.86. The minimum absolute atomic E-state index is 0.283. The SMILES string of the molecule is COC(=O)C(CCCC1CCCO1)C(=O)OC. The number of rotatable bonds is 6. The zero-order valence-electron chi connectivity index (χ0n) is 10.4. The minimum atomic E-state index is -0.800. The van der Waals surface area contributed by atoms with Gasteiger partial charge in [-0.15, -0.1) is 0 Å². The second-order valence-electron chi connectivity index (χ2n) is 4.16. The normalized spacial score (nSPS) is 19.4. The lowest BCUT2D eigenvalue weighted by Crippen LogP contribution is -2.26. The molecule has 17 heavy (non-hydrogen) atoms. The molecule has 1 fully saturated rings. The number of carbonyl (C=O) groups is 2. The molecule has 0 spiro atoms. The lowest BCUT2D eigenvalue weighted by Gasteiger charge is -2.13. The molecule has 1 atom stereocenters. The first-order valence-electron chi connectivity index (χ1n) is 5.96. The zero-order chi connectivity index (χ0) is 12.7. The molecule has 0 bridgehead atoms. The molecule has 5 nitrogen and oxygen atoms in total. The first-order chi connectivity index (χ1) is 8.19. The monoisotopic (exact) mass is 244 g/mol. The maximum absolute atomic E-state index is 11.4. The molecule has 1 unspecified atom stereocenters. The minimum Gasteiger partial charge on any atom is -0.468 e. The molecular weight excluding hydrogens is 224 g/mol. The van der Waals surface area contributed by atoms with Crippen LogP contribution >= 0.6 is 0 Å². The van der Waals surface area contributed by atoms with Crippen molar-refractivity contribution in [1.29, 1.82) is 0 Å². The third kappa shape index (κ3) is 4.34. The van der Waals surface area contributed by atoms with E-state index in [4.69, 9.17) is 4.74 Å². The summed E-state index contributed by atoms with van der Waals surface area (Å²) in [5, 5.41) is 0. The van der Waals surface area contributed by atoms with Crippen LogP contribution in [0, 0.1) is 5.92 Å². The van der Waals surface area contributed by atoms with E-state index in [1.54, 1.807) is 0 Å². The summed E-state index contributed by atoms with van der Waals surface area (Å²) in [5.74, 6) is -1.85. The molecular formula is C12H20O5. The van der Waals surface area contributed by atoms with Gasteiger partial charge in [0.2, 0.25) is 0 Å². The summed E-state index contributed by atoms with van der Waals surface area (Å²) in [5.41, 5.74) is 0. The number of ether oxygens (including phenoxy) is 3. The van der Waals surface area contributed by atoms with Crippen LogP contribution in [0.3, 0.4) is 0 Å². The fourth-order valence-electron chi connectivity index (χ4n) is 2.04. The molecule has 0 aromatic carbocycles. The van der Waals surface area contributed by atoms with Crippen LogP contribution in [0.2, 0.25) is 0 Å². The van der Waals surface area contributed by atoms with Crippen molar-refractivity contribution in [3.63, 3.8) is 0 Å². The van der Waals surface area contributed by atoms with Gasteiger partial charge in [-0.1, -0.05) is 0 Å².